The van der Waals surface area contributed by atoms with Crippen molar-refractivity contribution in [3.05, 3.63) is 0 Å². The van der Waals surface area contributed by atoms with Crippen LogP contribution in [0.4, 0.5) is 0 Å². The number of unbranched alkanes of at least 4 members (excludes halogenated alkanes) is 1. The first-order valence-electron chi connectivity index (χ1n) is 6.08. The monoisotopic (exact) mass is 268 g/mol. The second kappa shape index (κ2) is 8.85. The highest BCUT2D eigenvalue weighted by Gasteiger charge is 2.16. The van der Waals surface area contributed by atoms with Gasteiger partial charge in [0.2, 0.25) is 0 Å². The molecule has 17 heavy (non-hydrogen) atoms. The average Bonchev–Trinajstić information content (AvgIpc) is 2.24. The molecule has 0 radical (unpaired) electrons. The maximum Gasteiger partial charge on any atom is 0.267 e. The quantitative estimate of drug-likeness (QED) is 0.285. The summed E-state index contributed by atoms with van der Waals surface area (Å²) < 4.78 is 30.1. The van der Waals surface area contributed by atoms with E-state index in [-0.39, 0.29) is 13.0 Å². The number of rotatable bonds is 10. The number of hydrogen-bond acceptors (Lipinski definition) is 4. The lowest BCUT2D eigenvalue weighted by molar-refractivity contribution is -0.300. The minimum Gasteiger partial charge on any atom is -0.285 e. The van der Waals surface area contributed by atoms with Gasteiger partial charge in [-0.25, -0.2) is 9.78 Å². The fourth-order valence-corrected chi connectivity index (χ4v) is 1.62. The average molecular weight is 268 g/mol. The Labute approximate surface area is 104 Å². The molecule has 2 unspecified atom stereocenters. The minimum atomic E-state index is -3.95. The molecule has 104 valence electrons. The van der Waals surface area contributed by atoms with Crippen LogP contribution in [-0.4, -0.2) is 31.4 Å². The molecule has 5 nitrogen and oxygen atoms in total. The van der Waals surface area contributed by atoms with Crippen LogP contribution in [0.5, 0.6) is 0 Å². The lowest BCUT2D eigenvalue weighted by atomic mass is 10.1. The molecular formula is C11H24O5S. The fraction of sp³-hybridized carbons (Fsp3) is 1.00. The molecular weight excluding hydrogens is 244 g/mol. The van der Waals surface area contributed by atoms with Crippen molar-refractivity contribution in [2.45, 2.75) is 51.7 Å². The summed E-state index contributed by atoms with van der Waals surface area (Å²) in [6.45, 7) is 6.34. The summed E-state index contributed by atoms with van der Waals surface area (Å²) in [7, 11) is -3.95. The van der Waals surface area contributed by atoms with Crippen LogP contribution in [-0.2, 0) is 19.9 Å². The molecule has 0 aromatic carbocycles. The van der Waals surface area contributed by atoms with Gasteiger partial charge in [-0.15, -0.1) is 0 Å². The van der Waals surface area contributed by atoms with Crippen molar-refractivity contribution in [1.29, 1.82) is 0 Å². The van der Waals surface area contributed by atoms with Gasteiger partial charge in [0.1, 0.15) is 0 Å². The second-order valence-corrected chi connectivity index (χ2v) is 6.30. The third-order valence-electron chi connectivity index (χ3n) is 2.60. The van der Waals surface area contributed by atoms with Gasteiger partial charge in [-0.3, -0.25) is 4.55 Å². The maximum atomic E-state index is 10.7. The third kappa shape index (κ3) is 9.52. The second-order valence-electron chi connectivity index (χ2n) is 4.47. The van der Waals surface area contributed by atoms with Crippen molar-refractivity contribution >= 4 is 10.1 Å². The van der Waals surface area contributed by atoms with Crippen LogP contribution in [0.2, 0.25) is 0 Å². The molecule has 0 aliphatic carbocycles. The van der Waals surface area contributed by atoms with Gasteiger partial charge < -0.3 is 0 Å². The van der Waals surface area contributed by atoms with Crippen molar-refractivity contribution in [2.24, 2.45) is 5.92 Å². The van der Waals surface area contributed by atoms with Crippen LogP contribution in [0, 0.1) is 5.92 Å². The topological polar surface area (TPSA) is 72.8 Å². The molecule has 0 aromatic heterocycles. The summed E-state index contributed by atoms with van der Waals surface area (Å²) in [5.41, 5.74) is 0. The Bertz CT molecular complexity index is 276. The van der Waals surface area contributed by atoms with E-state index in [1.165, 1.54) is 13.3 Å². The SMILES string of the molecule is CCCCC(C)COOCCC(C)S(=O)(=O)O. The predicted octanol–water partition coefficient (Wildman–Crippen LogP) is 2.43. The summed E-state index contributed by atoms with van der Waals surface area (Å²) in [6.07, 6.45) is 3.66. The van der Waals surface area contributed by atoms with Gasteiger partial charge in [-0.05, 0) is 25.7 Å². The van der Waals surface area contributed by atoms with E-state index in [0.29, 0.717) is 12.5 Å². The van der Waals surface area contributed by atoms with E-state index in [0.717, 1.165) is 12.8 Å². The molecule has 0 amide bonds. The van der Waals surface area contributed by atoms with Crippen LogP contribution in [0.1, 0.15) is 46.5 Å². The molecule has 0 saturated carbocycles. The van der Waals surface area contributed by atoms with Gasteiger partial charge in [0.15, 0.2) is 0 Å². The molecule has 6 heteroatoms. The number of hydrogen-bond donors (Lipinski definition) is 1. The van der Waals surface area contributed by atoms with Crippen LogP contribution >= 0.6 is 0 Å². The molecule has 0 saturated heterocycles. The Kier molecular flexibility index (Phi) is 8.77. The zero-order chi connectivity index (χ0) is 13.3. The van der Waals surface area contributed by atoms with Crippen LogP contribution in [0.25, 0.3) is 0 Å². The molecule has 2 atom stereocenters. The molecule has 0 rings (SSSR count). The first-order valence-corrected chi connectivity index (χ1v) is 7.59. The highest BCUT2D eigenvalue weighted by molar-refractivity contribution is 7.86. The van der Waals surface area contributed by atoms with Crippen molar-refractivity contribution in [1.82, 2.24) is 0 Å². The summed E-state index contributed by atoms with van der Waals surface area (Å²) >= 11 is 0. The van der Waals surface area contributed by atoms with Crippen molar-refractivity contribution < 1.29 is 22.7 Å². The zero-order valence-electron chi connectivity index (χ0n) is 10.9. The lowest BCUT2D eigenvalue weighted by Gasteiger charge is -2.11. The molecule has 0 heterocycles. The molecule has 0 bridgehead atoms. The standard InChI is InChI=1S/C11H24O5S/c1-4-5-6-10(2)9-16-15-8-7-11(3)17(12,13)14/h10-11H,4-9H2,1-3H3,(H,12,13,14). The normalized spacial score (nSPS) is 15.8. The Morgan fingerprint density at radius 1 is 1.18 bits per heavy atom. The van der Waals surface area contributed by atoms with Gasteiger partial charge in [-0.2, -0.15) is 8.42 Å². The molecule has 0 aliphatic rings. The van der Waals surface area contributed by atoms with Crippen molar-refractivity contribution in [2.75, 3.05) is 13.2 Å². The predicted molar refractivity (Wildman–Crippen MR) is 66.2 cm³/mol. The van der Waals surface area contributed by atoms with E-state index < -0.39 is 15.4 Å². The lowest BCUT2D eigenvalue weighted by Crippen LogP contribution is -2.19. The summed E-state index contributed by atoms with van der Waals surface area (Å²) in [6, 6.07) is 0. The van der Waals surface area contributed by atoms with E-state index >= 15 is 0 Å². The van der Waals surface area contributed by atoms with Gasteiger partial charge in [-0.1, -0.05) is 26.7 Å². The maximum absolute atomic E-state index is 10.7. The van der Waals surface area contributed by atoms with Gasteiger partial charge in [0, 0.05) is 0 Å². The van der Waals surface area contributed by atoms with Crippen molar-refractivity contribution in [3.8, 4) is 0 Å². The Morgan fingerprint density at radius 3 is 2.35 bits per heavy atom. The molecule has 1 N–H and O–H groups in total. The van der Waals surface area contributed by atoms with Gasteiger partial charge >= 0.3 is 0 Å². The third-order valence-corrected chi connectivity index (χ3v) is 3.86. The van der Waals surface area contributed by atoms with E-state index in [2.05, 4.69) is 13.8 Å². The Balaban J connectivity index is 3.47. The molecule has 0 aromatic rings. The van der Waals surface area contributed by atoms with Crippen LogP contribution < -0.4 is 0 Å². The molecule has 0 fully saturated rings. The first-order chi connectivity index (χ1) is 7.88. The van der Waals surface area contributed by atoms with E-state index in [9.17, 15) is 8.42 Å². The van der Waals surface area contributed by atoms with E-state index in [1.54, 1.807) is 0 Å². The largest absolute Gasteiger partial charge is 0.285 e. The highest BCUT2D eigenvalue weighted by Crippen LogP contribution is 2.08. The first kappa shape index (κ1) is 16.8. The zero-order valence-corrected chi connectivity index (χ0v) is 11.7. The smallest absolute Gasteiger partial charge is 0.267 e. The molecule has 0 aliphatic heterocycles. The highest BCUT2D eigenvalue weighted by atomic mass is 32.2. The van der Waals surface area contributed by atoms with Gasteiger partial charge in [0.25, 0.3) is 10.1 Å². The summed E-state index contributed by atoms with van der Waals surface area (Å²) in [5.74, 6) is 0.439. The summed E-state index contributed by atoms with van der Waals surface area (Å²) in [5, 5.41) is -0.816. The fourth-order valence-electron chi connectivity index (χ4n) is 1.22. The molecule has 0 spiro atoms. The van der Waals surface area contributed by atoms with E-state index in [1.807, 2.05) is 0 Å². The minimum absolute atomic E-state index is 0.168. The van der Waals surface area contributed by atoms with Crippen LogP contribution in [0.3, 0.4) is 0 Å². The van der Waals surface area contributed by atoms with E-state index in [4.69, 9.17) is 14.3 Å². The van der Waals surface area contributed by atoms with Crippen LogP contribution in [0.15, 0.2) is 0 Å². The Morgan fingerprint density at radius 2 is 1.82 bits per heavy atom. The summed E-state index contributed by atoms with van der Waals surface area (Å²) in [4.78, 5) is 9.85. The van der Waals surface area contributed by atoms with Gasteiger partial charge in [0.05, 0.1) is 18.5 Å². The Hall–Kier alpha value is -0.170. The van der Waals surface area contributed by atoms with Crippen molar-refractivity contribution in [3.63, 3.8) is 0 Å².